The molecule has 0 saturated carbocycles. The van der Waals surface area contributed by atoms with Gasteiger partial charge in [-0.3, -0.25) is 4.79 Å². The summed E-state index contributed by atoms with van der Waals surface area (Å²) < 4.78 is 4.45. The number of esters is 1. The van der Waals surface area contributed by atoms with Gasteiger partial charge in [0.1, 0.15) is 18.3 Å². The molecule has 0 rings (SSSR count). The van der Waals surface area contributed by atoms with Crippen LogP contribution in [0, 0.1) is 0 Å². The van der Waals surface area contributed by atoms with E-state index in [0.717, 1.165) is 6.92 Å². The van der Waals surface area contributed by atoms with E-state index in [2.05, 4.69) is 4.74 Å². The number of aldehydes is 1. The molecule has 0 aliphatic carbocycles. The van der Waals surface area contributed by atoms with E-state index in [-0.39, 0.29) is 6.29 Å². The van der Waals surface area contributed by atoms with Crippen molar-refractivity contribution in [1.29, 1.82) is 0 Å². The van der Waals surface area contributed by atoms with Crippen molar-refractivity contribution in [2.45, 2.75) is 31.3 Å². The van der Waals surface area contributed by atoms with Crippen LogP contribution in [0.2, 0.25) is 0 Å². The van der Waals surface area contributed by atoms with Gasteiger partial charge in [0.15, 0.2) is 12.4 Å². The molecular formula is C8H14O7. The normalized spacial score (nSPS) is 18.7. The van der Waals surface area contributed by atoms with Crippen LogP contribution in [0.1, 0.15) is 6.92 Å². The van der Waals surface area contributed by atoms with Crippen molar-refractivity contribution in [3.05, 3.63) is 0 Å². The second kappa shape index (κ2) is 6.46. The molecule has 0 fully saturated rings. The highest BCUT2D eigenvalue weighted by molar-refractivity contribution is 5.66. The number of ether oxygens (including phenoxy) is 1. The fourth-order valence-electron chi connectivity index (χ4n) is 0.931. The molecule has 4 N–H and O–H groups in total. The summed E-state index contributed by atoms with van der Waals surface area (Å²) in [5, 5.41) is 36.1. The topological polar surface area (TPSA) is 124 Å². The number of carbonyl (C=O) groups excluding carboxylic acids is 2. The second-order valence-electron chi connectivity index (χ2n) is 2.94. The van der Waals surface area contributed by atoms with E-state index in [4.69, 9.17) is 15.3 Å². The van der Waals surface area contributed by atoms with Crippen LogP contribution in [0.3, 0.4) is 0 Å². The smallest absolute Gasteiger partial charge is 0.303 e. The molecule has 0 aromatic carbocycles. The first-order valence-corrected chi connectivity index (χ1v) is 4.21. The average molecular weight is 222 g/mol. The fraction of sp³-hybridized carbons (Fsp3) is 0.750. The Kier molecular flexibility index (Phi) is 6.02. The van der Waals surface area contributed by atoms with E-state index in [1.54, 1.807) is 0 Å². The molecular weight excluding hydrogens is 208 g/mol. The standard InChI is InChI=1S/C8H14O7/c1-4(11)15-6(3-10)8(14)7(13)5(12)2-9/h2,5-8,10,12-14H,3H2,1H3/t5-,6+,7+,8+/m0/s1. The lowest BCUT2D eigenvalue weighted by molar-refractivity contribution is -0.167. The third-order valence-corrected chi connectivity index (χ3v) is 1.72. The Bertz CT molecular complexity index is 217. The molecule has 0 saturated heterocycles. The Morgan fingerprint density at radius 2 is 1.87 bits per heavy atom. The van der Waals surface area contributed by atoms with Crippen LogP contribution in [0.5, 0.6) is 0 Å². The molecule has 88 valence electrons. The molecule has 0 heterocycles. The molecule has 0 spiro atoms. The van der Waals surface area contributed by atoms with Crippen LogP contribution in [-0.2, 0) is 14.3 Å². The van der Waals surface area contributed by atoms with Crippen LogP contribution in [0.25, 0.3) is 0 Å². The van der Waals surface area contributed by atoms with Gasteiger partial charge in [-0.05, 0) is 0 Å². The second-order valence-corrected chi connectivity index (χ2v) is 2.94. The van der Waals surface area contributed by atoms with Gasteiger partial charge in [0, 0.05) is 6.92 Å². The van der Waals surface area contributed by atoms with Crippen molar-refractivity contribution in [2.75, 3.05) is 6.61 Å². The zero-order valence-electron chi connectivity index (χ0n) is 8.11. The molecule has 0 aliphatic heterocycles. The van der Waals surface area contributed by atoms with E-state index in [1.165, 1.54) is 0 Å². The Balaban J connectivity index is 4.42. The monoisotopic (exact) mass is 222 g/mol. The van der Waals surface area contributed by atoms with Gasteiger partial charge >= 0.3 is 5.97 Å². The van der Waals surface area contributed by atoms with Gasteiger partial charge in [-0.2, -0.15) is 0 Å². The van der Waals surface area contributed by atoms with Gasteiger partial charge in [-0.15, -0.1) is 0 Å². The van der Waals surface area contributed by atoms with Crippen LogP contribution < -0.4 is 0 Å². The van der Waals surface area contributed by atoms with Gasteiger partial charge in [0.25, 0.3) is 0 Å². The van der Waals surface area contributed by atoms with E-state index in [0.29, 0.717) is 0 Å². The predicted molar refractivity (Wildman–Crippen MR) is 46.7 cm³/mol. The maximum atomic E-state index is 10.5. The van der Waals surface area contributed by atoms with Crippen molar-refractivity contribution in [3.8, 4) is 0 Å². The van der Waals surface area contributed by atoms with Crippen molar-refractivity contribution in [3.63, 3.8) is 0 Å². The molecule has 0 unspecified atom stereocenters. The van der Waals surface area contributed by atoms with Gasteiger partial charge in [-0.25, -0.2) is 0 Å². The van der Waals surface area contributed by atoms with Crippen molar-refractivity contribution >= 4 is 12.3 Å². The number of carbonyl (C=O) groups is 2. The van der Waals surface area contributed by atoms with Gasteiger partial charge in [0.05, 0.1) is 6.61 Å². The Labute approximate surface area is 85.9 Å². The van der Waals surface area contributed by atoms with Crippen molar-refractivity contribution in [1.82, 2.24) is 0 Å². The lowest BCUT2D eigenvalue weighted by Gasteiger charge is -2.25. The highest BCUT2D eigenvalue weighted by Crippen LogP contribution is 2.07. The minimum atomic E-state index is -1.82. The lowest BCUT2D eigenvalue weighted by Crippen LogP contribution is -2.48. The third-order valence-electron chi connectivity index (χ3n) is 1.72. The number of aliphatic hydroxyl groups excluding tert-OH is 4. The quantitative estimate of drug-likeness (QED) is 0.282. The third kappa shape index (κ3) is 4.34. The summed E-state index contributed by atoms with van der Waals surface area (Å²) >= 11 is 0. The summed E-state index contributed by atoms with van der Waals surface area (Å²) in [5.41, 5.74) is 0. The highest BCUT2D eigenvalue weighted by atomic mass is 16.6. The first-order chi connectivity index (χ1) is 6.93. The van der Waals surface area contributed by atoms with Crippen LogP contribution >= 0.6 is 0 Å². The molecule has 0 radical (unpaired) electrons. The Morgan fingerprint density at radius 1 is 1.33 bits per heavy atom. The maximum Gasteiger partial charge on any atom is 0.303 e. The lowest BCUT2D eigenvalue weighted by atomic mass is 10.0. The fourth-order valence-corrected chi connectivity index (χ4v) is 0.931. The minimum Gasteiger partial charge on any atom is -0.457 e. The van der Waals surface area contributed by atoms with Gasteiger partial charge < -0.3 is 30.0 Å². The number of hydrogen-bond acceptors (Lipinski definition) is 7. The van der Waals surface area contributed by atoms with Crippen LogP contribution in [0.15, 0.2) is 0 Å². The molecule has 15 heavy (non-hydrogen) atoms. The first kappa shape index (κ1) is 14.0. The molecule has 0 aromatic heterocycles. The van der Waals surface area contributed by atoms with Gasteiger partial charge in [-0.1, -0.05) is 0 Å². The summed E-state index contributed by atoms with van der Waals surface area (Å²) in [4.78, 5) is 20.6. The number of rotatable bonds is 6. The SMILES string of the molecule is CC(=O)O[C@H](CO)[C@@H](O)[C@H](O)[C@@H](O)C=O. The summed E-state index contributed by atoms with van der Waals surface area (Å²) in [7, 11) is 0. The Morgan fingerprint density at radius 3 is 2.20 bits per heavy atom. The molecule has 7 heteroatoms. The van der Waals surface area contributed by atoms with Crippen molar-refractivity contribution < 1.29 is 34.8 Å². The summed E-state index contributed by atoms with van der Waals surface area (Å²) in [6, 6.07) is 0. The minimum absolute atomic E-state index is 0.0239. The molecule has 0 bridgehead atoms. The number of hydrogen-bond donors (Lipinski definition) is 4. The number of aliphatic hydroxyl groups is 4. The molecule has 0 aromatic rings. The predicted octanol–water partition coefficient (Wildman–Crippen LogP) is -2.81. The van der Waals surface area contributed by atoms with Gasteiger partial charge in [0.2, 0.25) is 0 Å². The molecule has 0 aliphatic rings. The maximum absolute atomic E-state index is 10.5. The summed E-state index contributed by atoms with van der Waals surface area (Å²) in [6.45, 7) is 0.321. The largest absolute Gasteiger partial charge is 0.457 e. The zero-order valence-corrected chi connectivity index (χ0v) is 8.11. The average Bonchev–Trinajstić information content (AvgIpc) is 2.22. The first-order valence-electron chi connectivity index (χ1n) is 4.21. The van der Waals surface area contributed by atoms with E-state index >= 15 is 0 Å². The van der Waals surface area contributed by atoms with Crippen LogP contribution in [0.4, 0.5) is 0 Å². The van der Waals surface area contributed by atoms with E-state index in [9.17, 15) is 14.7 Å². The Hall–Kier alpha value is -1.02. The summed E-state index contributed by atoms with van der Waals surface area (Å²) in [5.74, 6) is -0.763. The molecule has 0 amide bonds. The highest BCUT2D eigenvalue weighted by Gasteiger charge is 2.32. The van der Waals surface area contributed by atoms with E-state index in [1.807, 2.05) is 0 Å². The molecule has 4 atom stereocenters. The van der Waals surface area contributed by atoms with E-state index < -0.39 is 37.0 Å². The molecule has 7 nitrogen and oxygen atoms in total. The van der Waals surface area contributed by atoms with Crippen LogP contribution in [-0.4, -0.2) is 63.7 Å². The van der Waals surface area contributed by atoms with Crippen molar-refractivity contribution in [2.24, 2.45) is 0 Å². The zero-order chi connectivity index (χ0) is 12.0. The summed E-state index contributed by atoms with van der Waals surface area (Å²) in [6.07, 6.45) is -6.72.